The Morgan fingerprint density at radius 2 is 2.28 bits per heavy atom. The molecule has 2 rings (SSSR count). The van der Waals surface area contributed by atoms with Gasteiger partial charge in [0.05, 0.1) is 6.20 Å². The Kier molecular flexibility index (Phi) is 3.60. The Morgan fingerprint density at radius 1 is 1.56 bits per heavy atom. The SMILES string of the molecule is CCC1CN(S(=O)(=O)c2cn[nH]c2N)CCN1C. The number of sulfonamides is 1. The van der Waals surface area contributed by atoms with Crippen molar-refractivity contribution in [2.45, 2.75) is 24.3 Å². The van der Waals surface area contributed by atoms with Crippen molar-refractivity contribution >= 4 is 15.8 Å². The molecule has 102 valence electrons. The number of nitrogens with two attached hydrogens (primary N) is 1. The summed E-state index contributed by atoms with van der Waals surface area (Å²) >= 11 is 0. The highest BCUT2D eigenvalue weighted by atomic mass is 32.2. The number of hydrogen-bond acceptors (Lipinski definition) is 5. The Morgan fingerprint density at radius 3 is 2.83 bits per heavy atom. The lowest BCUT2D eigenvalue weighted by molar-refractivity contribution is 0.144. The summed E-state index contributed by atoms with van der Waals surface area (Å²) in [6, 6.07) is 0.252. The van der Waals surface area contributed by atoms with Gasteiger partial charge in [0.15, 0.2) is 0 Å². The number of likely N-dealkylation sites (N-methyl/N-ethyl adjacent to an activating group) is 1. The fraction of sp³-hybridized carbons (Fsp3) is 0.700. The van der Waals surface area contributed by atoms with Gasteiger partial charge in [0.2, 0.25) is 10.0 Å². The summed E-state index contributed by atoms with van der Waals surface area (Å²) in [5.41, 5.74) is 5.59. The zero-order chi connectivity index (χ0) is 13.3. The van der Waals surface area contributed by atoms with Crippen LogP contribution in [0.3, 0.4) is 0 Å². The van der Waals surface area contributed by atoms with Gasteiger partial charge < -0.3 is 10.6 Å². The summed E-state index contributed by atoms with van der Waals surface area (Å²) in [5, 5.41) is 6.13. The number of aromatic amines is 1. The Labute approximate surface area is 107 Å². The summed E-state index contributed by atoms with van der Waals surface area (Å²) in [5.74, 6) is 0.0991. The van der Waals surface area contributed by atoms with Gasteiger partial charge in [-0.15, -0.1) is 0 Å². The predicted molar refractivity (Wildman–Crippen MR) is 68.5 cm³/mol. The maximum Gasteiger partial charge on any atom is 0.248 e. The number of nitrogens with zero attached hydrogens (tertiary/aromatic N) is 3. The van der Waals surface area contributed by atoms with Crippen LogP contribution in [0.5, 0.6) is 0 Å². The molecule has 2 heterocycles. The van der Waals surface area contributed by atoms with E-state index in [9.17, 15) is 8.42 Å². The van der Waals surface area contributed by atoms with Crippen LogP contribution in [0.1, 0.15) is 13.3 Å². The highest BCUT2D eigenvalue weighted by molar-refractivity contribution is 7.89. The molecule has 0 amide bonds. The van der Waals surface area contributed by atoms with E-state index in [1.807, 2.05) is 7.05 Å². The van der Waals surface area contributed by atoms with Crippen LogP contribution in [0.15, 0.2) is 11.1 Å². The third-order valence-electron chi connectivity index (χ3n) is 3.46. The van der Waals surface area contributed by atoms with E-state index in [-0.39, 0.29) is 16.8 Å². The minimum absolute atomic E-state index is 0.0712. The van der Waals surface area contributed by atoms with Gasteiger partial charge in [-0.25, -0.2) is 8.42 Å². The van der Waals surface area contributed by atoms with Crippen LogP contribution < -0.4 is 5.73 Å². The van der Waals surface area contributed by atoms with Crippen LogP contribution in [0.25, 0.3) is 0 Å². The van der Waals surface area contributed by atoms with Crippen molar-refractivity contribution in [2.24, 2.45) is 0 Å². The molecule has 18 heavy (non-hydrogen) atoms. The minimum atomic E-state index is -3.53. The standard InChI is InChI=1S/C10H19N5O2S/c1-3-8-7-15(5-4-14(8)2)18(16,17)9-6-12-13-10(9)11/h6,8H,3-5,7H2,1-2H3,(H3,11,12,13). The molecule has 0 saturated carbocycles. The average Bonchev–Trinajstić information content (AvgIpc) is 2.76. The molecule has 1 aromatic rings. The maximum absolute atomic E-state index is 12.4. The Balaban J connectivity index is 2.24. The Bertz CT molecular complexity index is 512. The fourth-order valence-electron chi connectivity index (χ4n) is 2.21. The highest BCUT2D eigenvalue weighted by Crippen LogP contribution is 2.23. The second kappa shape index (κ2) is 4.87. The van der Waals surface area contributed by atoms with Gasteiger partial charge in [-0.05, 0) is 13.5 Å². The van der Waals surface area contributed by atoms with E-state index in [1.165, 1.54) is 10.5 Å². The molecule has 0 aromatic carbocycles. The second-order valence-corrected chi connectivity index (χ2v) is 6.46. The largest absolute Gasteiger partial charge is 0.383 e. The van der Waals surface area contributed by atoms with Gasteiger partial charge in [0.25, 0.3) is 0 Å². The number of anilines is 1. The van der Waals surface area contributed by atoms with Crippen molar-refractivity contribution in [3.8, 4) is 0 Å². The smallest absolute Gasteiger partial charge is 0.248 e. The number of H-pyrrole nitrogens is 1. The van der Waals surface area contributed by atoms with Crippen molar-refractivity contribution < 1.29 is 8.42 Å². The monoisotopic (exact) mass is 273 g/mol. The van der Waals surface area contributed by atoms with E-state index >= 15 is 0 Å². The fourth-order valence-corrected chi connectivity index (χ4v) is 3.68. The summed E-state index contributed by atoms with van der Waals surface area (Å²) in [4.78, 5) is 2.26. The van der Waals surface area contributed by atoms with E-state index < -0.39 is 10.0 Å². The summed E-state index contributed by atoms with van der Waals surface area (Å²) in [6.45, 7) is 3.78. The van der Waals surface area contributed by atoms with Crippen molar-refractivity contribution in [2.75, 3.05) is 32.4 Å². The third-order valence-corrected chi connectivity index (χ3v) is 5.35. The van der Waals surface area contributed by atoms with E-state index in [2.05, 4.69) is 22.0 Å². The van der Waals surface area contributed by atoms with E-state index in [0.717, 1.165) is 13.0 Å². The Hall–Kier alpha value is -1.12. The molecule has 1 aliphatic heterocycles. The predicted octanol–water partition coefficient (Wildman–Crippen LogP) is -0.293. The average molecular weight is 273 g/mol. The number of aromatic nitrogens is 2. The van der Waals surface area contributed by atoms with Crippen molar-refractivity contribution in [3.05, 3.63) is 6.20 Å². The van der Waals surface area contributed by atoms with Crippen LogP contribution in [-0.4, -0.2) is 60.5 Å². The lowest BCUT2D eigenvalue weighted by atomic mass is 10.1. The zero-order valence-electron chi connectivity index (χ0n) is 10.6. The molecule has 7 nitrogen and oxygen atoms in total. The number of hydrogen-bond donors (Lipinski definition) is 2. The number of piperazine rings is 1. The molecule has 0 aliphatic carbocycles. The molecule has 8 heteroatoms. The zero-order valence-corrected chi connectivity index (χ0v) is 11.4. The maximum atomic E-state index is 12.4. The molecular formula is C10H19N5O2S. The van der Waals surface area contributed by atoms with Crippen LogP contribution in [-0.2, 0) is 10.0 Å². The van der Waals surface area contributed by atoms with Crippen LogP contribution in [0.2, 0.25) is 0 Å². The first kappa shape index (κ1) is 13.3. The number of nitrogens with one attached hydrogen (secondary N) is 1. The minimum Gasteiger partial charge on any atom is -0.383 e. The summed E-state index contributed by atoms with van der Waals surface area (Å²) in [6.07, 6.45) is 2.19. The molecule has 1 fully saturated rings. The van der Waals surface area contributed by atoms with Gasteiger partial charge in [-0.2, -0.15) is 9.40 Å². The van der Waals surface area contributed by atoms with Gasteiger partial charge in [0.1, 0.15) is 10.7 Å². The molecule has 0 bridgehead atoms. The first-order valence-corrected chi connectivity index (χ1v) is 7.40. The van der Waals surface area contributed by atoms with Gasteiger partial charge >= 0.3 is 0 Å². The molecule has 1 aliphatic rings. The molecule has 1 aromatic heterocycles. The lowest BCUT2D eigenvalue weighted by Gasteiger charge is -2.38. The van der Waals surface area contributed by atoms with Crippen LogP contribution >= 0.6 is 0 Å². The quantitative estimate of drug-likeness (QED) is 0.789. The topological polar surface area (TPSA) is 95.3 Å². The molecule has 3 N–H and O–H groups in total. The lowest BCUT2D eigenvalue weighted by Crippen LogP contribution is -2.52. The number of nitrogen functional groups attached to an aromatic ring is 1. The first-order chi connectivity index (χ1) is 8.46. The molecular weight excluding hydrogens is 254 g/mol. The van der Waals surface area contributed by atoms with Gasteiger partial charge in [-0.3, -0.25) is 5.10 Å². The van der Waals surface area contributed by atoms with Crippen molar-refractivity contribution in [3.63, 3.8) is 0 Å². The van der Waals surface area contributed by atoms with E-state index in [0.29, 0.717) is 13.1 Å². The number of rotatable bonds is 3. The normalized spacial score (nSPS) is 23.3. The summed E-state index contributed by atoms with van der Waals surface area (Å²) in [7, 11) is -1.51. The molecule has 1 unspecified atom stereocenters. The third kappa shape index (κ3) is 2.23. The van der Waals surface area contributed by atoms with Crippen molar-refractivity contribution in [1.82, 2.24) is 19.4 Å². The first-order valence-electron chi connectivity index (χ1n) is 5.96. The highest BCUT2D eigenvalue weighted by Gasteiger charge is 2.33. The summed E-state index contributed by atoms with van der Waals surface area (Å²) < 4.78 is 26.3. The van der Waals surface area contributed by atoms with Crippen LogP contribution in [0, 0.1) is 0 Å². The van der Waals surface area contributed by atoms with E-state index in [1.54, 1.807) is 0 Å². The van der Waals surface area contributed by atoms with Crippen LogP contribution in [0.4, 0.5) is 5.82 Å². The van der Waals surface area contributed by atoms with E-state index in [4.69, 9.17) is 5.73 Å². The van der Waals surface area contributed by atoms with Gasteiger partial charge in [-0.1, -0.05) is 6.92 Å². The molecule has 0 radical (unpaired) electrons. The van der Waals surface area contributed by atoms with Crippen molar-refractivity contribution in [1.29, 1.82) is 0 Å². The second-order valence-electron chi connectivity index (χ2n) is 4.55. The van der Waals surface area contributed by atoms with Gasteiger partial charge in [0, 0.05) is 25.7 Å². The molecule has 1 saturated heterocycles. The molecule has 1 atom stereocenters. The molecule has 0 spiro atoms.